The monoisotopic (exact) mass is 364 g/mol. The summed E-state index contributed by atoms with van der Waals surface area (Å²) >= 11 is 12.2. The van der Waals surface area contributed by atoms with Crippen molar-refractivity contribution in [3.8, 4) is 5.88 Å². The lowest BCUT2D eigenvalue weighted by Gasteiger charge is -2.32. The van der Waals surface area contributed by atoms with E-state index in [2.05, 4.69) is 38.2 Å². The van der Waals surface area contributed by atoms with Gasteiger partial charge in [-0.05, 0) is 48.5 Å². The highest BCUT2D eigenvalue weighted by Gasteiger charge is 2.40. The van der Waals surface area contributed by atoms with E-state index in [4.69, 9.17) is 27.9 Å². The molecule has 1 aromatic heterocycles. The zero-order valence-corrected chi connectivity index (χ0v) is 14.8. The third kappa shape index (κ3) is 2.80. The van der Waals surface area contributed by atoms with Crippen molar-refractivity contribution in [3.63, 3.8) is 0 Å². The van der Waals surface area contributed by atoms with Gasteiger partial charge < -0.3 is 9.64 Å². The molecule has 0 radical (unpaired) electrons. The Morgan fingerprint density at radius 1 is 1.25 bits per heavy atom. The van der Waals surface area contributed by atoms with Gasteiger partial charge in [0.25, 0.3) is 0 Å². The van der Waals surface area contributed by atoms with Crippen molar-refractivity contribution < 1.29 is 4.74 Å². The maximum absolute atomic E-state index is 6.22. The number of halogens is 2. The fourth-order valence-corrected chi connectivity index (χ4v) is 4.34. The minimum absolute atomic E-state index is 0.0240. The van der Waals surface area contributed by atoms with Crippen molar-refractivity contribution in [2.45, 2.75) is 37.4 Å². The molecule has 1 fully saturated rings. The molecule has 4 unspecified atom stereocenters. The quantitative estimate of drug-likeness (QED) is 0.767. The lowest BCUT2D eigenvalue weighted by molar-refractivity contribution is 0.214. The van der Waals surface area contributed by atoms with Crippen LogP contribution in [0.25, 0.3) is 0 Å². The average molecular weight is 365 g/mol. The van der Waals surface area contributed by atoms with Crippen molar-refractivity contribution >= 4 is 33.7 Å². The van der Waals surface area contributed by atoms with Crippen molar-refractivity contribution in [3.05, 3.63) is 36.2 Å². The van der Waals surface area contributed by atoms with Gasteiger partial charge in [0.1, 0.15) is 11.3 Å². The number of rotatable bonds is 3. The third-order valence-corrected chi connectivity index (χ3v) is 5.59. The summed E-state index contributed by atoms with van der Waals surface area (Å²) in [6, 6.07) is 4.47. The number of aliphatic imine (C=N–C) groups is 2. The molecule has 24 heavy (non-hydrogen) atoms. The minimum atomic E-state index is -0.0553. The molecule has 1 aliphatic carbocycles. The summed E-state index contributed by atoms with van der Waals surface area (Å²) in [6.45, 7) is 0. The van der Waals surface area contributed by atoms with E-state index in [1.54, 1.807) is 7.11 Å². The van der Waals surface area contributed by atoms with Gasteiger partial charge in [0.15, 0.2) is 0 Å². The molecule has 4 rings (SSSR count). The van der Waals surface area contributed by atoms with Gasteiger partial charge in [-0.15, -0.1) is 0 Å². The molecule has 0 saturated heterocycles. The van der Waals surface area contributed by atoms with Gasteiger partial charge in [-0.3, -0.25) is 0 Å². The fourth-order valence-electron chi connectivity index (χ4n) is 3.84. The van der Waals surface area contributed by atoms with Gasteiger partial charge in [0.2, 0.25) is 11.2 Å². The summed E-state index contributed by atoms with van der Waals surface area (Å²) in [7, 11) is 1.63. The molecule has 2 aliphatic heterocycles. The van der Waals surface area contributed by atoms with Gasteiger partial charge in [-0.2, -0.15) is 0 Å². The summed E-state index contributed by atoms with van der Waals surface area (Å²) in [5.74, 6) is 1.18. The highest BCUT2D eigenvalue weighted by molar-refractivity contribution is 6.72. The third-order valence-electron chi connectivity index (χ3n) is 5.07. The predicted octanol–water partition coefficient (Wildman–Crippen LogP) is 3.74. The summed E-state index contributed by atoms with van der Waals surface area (Å²) in [4.78, 5) is 15.2. The van der Waals surface area contributed by atoms with Crippen LogP contribution in [-0.4, -0.2) is 39.7 Å². The van der Waals surface area contributed by atoms with Crippen LogP contribution in [0.4, 0.5) is 0 Å². The molecule has 0 bridgehead atoms. The van der Waals surface area contributed by atoms with E-state index in [1.807, 2.05) is 12.3 Å². The topological polar surface area (TPSA) is 50.1 Å². The van der Waals surface area contributed by atoms with E-state index in [-0.39, 0.29) is 17.4 Å². The summed E-state index contributed by atoms with van der Waals surface area (Å²) in [6.07, 6.45) is 9.38. The Morgan fingerprint density at radius 2 is 2.12 bits per heavy atom. The van der Waals surface area contributed by atoms with Gasteiger partial charge in [-0.25, -0.2) is 15.0 Å². The molecule has 3 aliphatic rings. The van der Waals surface area contributed by atoms with Gasteiger partial charge in [0, 0.05) is 18.3 Å². The Balaban J connectivity index is 1.47. The first-order chi connectivity index (χ1) is 11.7. The number of hydrogen-bond acceptors (Lipinski definition) is 5. The van der Waals surface area contributed by atoms with E-state index in [0.29, 0.717) is 23.0 Å². The Bertz CT molecular complexity index is 716. The molecular formula is C17H18Cl2N4O. The molecule has 1 aromatic rings. The first-order valence-electron chi connectivity index (χ1n) is 8.09. The summed E-state index contributed by atoms with van der Waals surface area (Å²) in [5.41, 5.74) is 1.27. The molecule has 0 aromatic carbocycles. The van der Waals surface area contributed by atoms with E-state index < -0.39 is 0 Å². The van der Waals surface area contributed by atoms with Crippen LogP contribution in [0.2, 0.25) is 0 Å². The average Bonchev–Trinajstić information content (AvgIpc) is 3.21. The Kier molecular flexibility index (Phi) is 4.22. The molecule has 7 heteroatoms. The lowest BCUT2D eigenvalue weighted by Crippen LogP contribution is -2.40. The second kappa shape index (κ2) is 6.37. The van der Waals surface area contributed by atoms with Crippen molar-refractivity contribution in [1.29, 1.82) is 0 Å². The zero-order valence-electron chi connectivity index (χ0n) is 13.3. The predicted molar refractivity (Wildman–Crippen MR) is 96.0 cm³/mol. The number of aromatic nitrogens is 1. The summed E-state index contributed by atoms with van der Waals surface area (Å²) in [5, 5.41) is 0.761. The Morgan fingerprint density at radius 3 is 2.88 bits per heavy atom. The maximum atomic E-state index is 6.22. The van der Waals surface area contributed by atoms with Crippen LogP contribution >= 0.6 is 23.2 Å². The molecule has 0 spiro atoms. The first-order valence-corrected chi connectivity index (χ1v) is 8.84. The molecular weight excluding hydrogens is 347 g/mol. The van der Waals surface area contributed by atoms with E-state index in [9.17, 15) is 0 Å². The van der Waals surface area contributed by atoms with Crippen LogP contribution in [0.5, 0.6) is 5.88 Å². The highest BCUT2D eigenvalue weighted by atomic mass is 35.5. The normalized spacial score (nSPS) is 31.7. The number of nitrogens with zero attached hydrogens (tertiary/aromatic N) is 4. The van der Waals surface area contributed by atoms with E-state index in [1.165, 1.54) is 5.56 Å². The van der Waals surface area contributed by atoms with Crippen LogP contribution < -0.4 is 4.74 Å². The van der Waals surface area contributed by atoms with Crippen LogP contribution in [0, 0.1) is 5.92 Å². The van der Waals surface area contributed by atoms with Gasteiger partial charge >= 0.3 is 0 Å². The van der Waals surface area contributed by atoms with Crippen molar-refractivity contribution in [2.24, 2.45) is 15.9 Å². The minimum Gasteiger partial charge on any atom is -0.481 e. The highest BCUT2D eigenvalue weighted by Crippen LogP contribution is 2.41. The number of hydrogen-bond donors (Lipinski definition) is 0. The second-order valence-electron chi connectivity index (χ2n) is 6.36. The maximum Gasteiger partial charge on any atom is 0.220 e. The first kappa shape index (κ1) is 15.9. The van der Waals surface area contributed by atoms with E-state index in [0.717, 1.165) is 19.3 Å². The van der Waals surface area contributed by atoms with Crippen LogP contribution in [0.15, 0.2) is 40.6 Å². The van der Waals surface area contributed by atoms with Gasteiger partial charge in [-0.1, -0.05) is 23.7 Å². The molecule has 0 amide bonds. The molecule has 126 valence electrons. The second-order valence-corrected chi connectivity index (χ2v) is 7.08. The molecule has 3 heterocycles. The summed E-state index contributed by atoms with van der Waals surface area (Å²) < 4.78 is 5.13. The lowest BCUT2D eigenvalue weighted by atomic mass is 9.99. The number of methoxy groups -OCH3 is 1. The largest absolute Gasteiger partial charge is 0.481 e. The number of amidine groups is 1. The molecule has 0 N–H and O–H groups in total. The number of pyridine rings is 1. The van der Waals surface area contributed by atoms with E-state index >= 15 is 0 Å². The Hall–Kier alpha value is -1.59. The van der Waals surface area contributed by atoms with Crippen molar-refractivity contribution in [1.82, 2.24) is 9.88 Å². The smallest absolute Gasteiger partial charge is 0.220 e. The standard InChI is InChI=1S/C17H18Cl2N4O/c1-24-14-5-3-11(9-20-14)10-2-4-12(8-10)23-7-6-13-15(18)21-17(19)22-16(13)23/h3,5-7,9-10,12-13,16H,2,4,8H2,1H3. The number of ether oxygens (including phenoxy) is 1. The van der Waals surface area contributed by atoms with Crippen LogP contribution in [0.1, 0.15) is 30.7 Å². The van der Waals surface area contributed by atoms with Gasteiger partial charge in [0.05, 0.1) is 13.0 Å². The van der Waals surface area contributed by atoms with Crippen LogP contribution in [0.3, 0.4) is 0 Å². The molecule has 1 saturated carbocycles. The molecule has 5 nitrogen and oxygen atoms in total. The Labute approximate surface area is 151 Å². The number of fused-ring (bicyclic) bond motifs is 1. The molecule has 4 atom stereocenters. The van der Waals surface area contributed by atoms with Crippen LogP contribution in [-0.2, 0) is 0 Å². The zero-order chi connectivity index (χ0) is 16.7. The SMILES string of the molecule is COc1ccc(C2CCC(N3C=CC4C(Cl)=NC(Cl)=NC43)C2)cn1. The fraction of sp³-hybridized carbons (Fsp3) is 0.471. The van der Waals surface area contributed by atoms with Crippen molar-refractivity contribution in [2.75, 3.05) is 7.11 Å².